The maximum absolute atomic E-state index is 12.4. The van der Waals surface area contributed by atoms with Gasteiger partial charge in [0.1, 0.15) is 5.60 Å². The van der Waals surface area contributed by atoms with Crippen molar-refractivity contribution in [1.29, 1.82) is 0 Å². The van der Waals surface area contributed by atoms with Crippen LogP contribution in [0.3, 0.4) is 0 Å². The summed E-state index contributed by atoms with van der Waals surface area (Å²) in [6.07, 6.45) is 0.994. The first-order chi connectivity index (χ1) is 9.47. The molecule has 6 nitrogen and oxygen atoms in total. The Morgan fingerprint density at radius 3 is 2.00 bits per heavy atom. The zero-order valence-corrected chi connectivity index (χ0v) is 14.5. The molecule has 122 valence electrons. The Balaban J connectivity index is 4.92. The quantitative estimate of drug-likeness (QED) is 0.598. The number of rotatable bonds is 6. The van der Waals surface area contributed by atoms with E-state index in [1.807, 2.05) is 0 Å². The predicted molar refractivity (Wildman–Crippen MR) is 82.1 cm³/mol. The van der Waals surface area contributed by atoms with Crippen molar-refractivity contribution < 1.29 is 23.9 Å². The minimum atomic E-state index is -0.940. The molecule has 2 atom stereocenters. The van der Waals surface area contributed by atoms with E-state index in [0.29, 0.717) is 0 Å². The summed E-state index contributed by atoms with van der Waals surface area (Å²) >= 11 is 1.11. The lowest BCUT2D eigenvalue weighted by Gasteiger charge is -2.26. The van der Waals surface area contributed by atoms with Crippen molar-refractivity contribution in [1.82, 2.24) is 5.32 Å². The van der Waals surface area contributed by atoms with Gasteiger partial charge in [0.15, 0.2) is 0 Å². The van der Waals surface area contributed by atoms with E-state index in [2.05, 4.69) is 5.32 Å². The van der Waals surface area contributed by atoms with Crippen LogP contribution < -0.4 is 5.32 Å². The molecule has 0 heterocycles. The van der Waals surface area contributed by atoms with E-state index in [4.69, 9.17) is 9.47 Å². The Morgan fingerprint density at radius 2 is 1.67 bits per heavy atom. The van der Waals surface area contributed by atoms with Crippen molar-refractivity contribution in [3.63, 3.8) is 0 Å². The minimum absolute atomic E-state index is 0.157. The maximum Gasteiger partial charge on any atom is 0.408 e. The number of hydrogen-bond acceptors (Lipinski definition) is 6. The van der Waals surface area contributed by atoms with Gasteiger partial charge in [0, 0.05) is 6.92 Å². The van der Waals surface area contributed by atoms with Gasteiger partial charge in [-0.3, -0.25) is 9.59 Å². The second-order valence-electron chi connectivity index (χ2n) is 5.95. The van der Waals surface area contributed by atoms with Crippen LogP contribution in [0.5, 0.6) is 0 Å². The third kappa shape index (κ3) is 7.94. The van der Waals surface area contributed by atoms with E-state index in [-0.39, 0.29) is 11.7 Å². The summed E-state index contributed by atoms with van der Waals surface area (Å²) < 4.78 is 10.1. The van der Waals surface area contributed by atoms with Crippen LogP contribution in [0, 0.1) is 5.92 Å². The summed E-state index contributed by atoms with van der Waals surface area (Å²) in [6, 6.07) is -0.781. The van der Waals surface area contributed by atoms with Gasteiger partial charge in [-0.25, -0.2) is 4.79 Å². The Morgan fingerprint density at radius 1 is 1.14 bits per heavy atom. The zero-order valence-electron chi connectivity index (χ0n) is 13.7. The third-order valence-corrected chi connectivity index (χ3v) is 3.12. The van der Waals surface area contributed by atoms with Crippen LogP contribution in [-0.2, 0) is 19.1 Å². The molecular weight excluding hydrogens is 294 g/mol. The zero-order chi connectivity index (χ0) is 16.8. The lowest BCUT2D eigenvalue weighted by Crippen LogP contribution is -2.49. The van der Waals surface area contributed by atoms with E-state index in [9.17, 15) is 14.4 Å². The molecule has 7 heteroatoms. The largest absolute Gasteiger partial charge is 0.444 e. The molecule has 0 aliphatic heterocycles. The molecule has 0 bridgehead atoms. The molecule has 0 radical (unpaired) electrons. The van der Waals surface area contributed by atoms with Gasteiger partial charge in [0.25, 0.3) is 0 Å². The number of esters is 1. The highest BCUT2D eigenvalue weighted by atomic mass is 32.2. The summed E-state index contributed by atoms with van der Waals surface area (Å²) in [5.41, 5.74) is -1.59. The van der Waals surface area contributed by atoms with Gasteiger partial charge >= 0.3 is 12.1 Å². The summed E-state index contributed by atoms with van der Waals surface area (Å²) in [5.74, 6) is -1.06. The first-order valence-corrected chi connectivity index (χ1v) is 8.00. The lowest BCUT2D eigenvalue weighted by atomic mass is 10.0. The van der Waals surface area contributed by atoms with E-state index >= 15 is 0 Å². The van der Waals surface area contributed by atoms with E-state index in [1.54, 1.807) is 40.9 Å². The minimum Gasteiger partial charge on any atom is -0.444 e. The smallest absolute Gasteiger partial charge is 0.408 e. The van der Waals surface area contributed by atoms with Crippen molar-refractivity contribution in [3.8, 4) is 0 Å². The number of thioether (sulfide) groups is 1. The van der Waals surface area contributed by atoms with Crippen LogP contribution in [0.4, 0.5) is 4.79 Å². The molecule has 0 aromatic heterocycles. The van der Waals surface area contributed by atoms with Crippen molar-refractivity contribution in [2.45, 2.75) is 58.6 Å². The van der Waals surface area contributed by atoms with Crippen LogP contribution in [0.25, 0.3) is 0 Å². The molecule has 0 unspecified atom stereocenters. The Kier molecular flexibility index (Phi) is 7.78. The second-order valence-corrected chi connectivity index (χ2v) is 6.85. The summed E-state index contributed by atoms with van der Waals surface area (Å²) in [7, 11) is 0. The number of ether oxygens (including phenoxy) is 2. The van der Waals surface area contributed by atoms with Crippen molar-refractivity contribution in [2.24, 2.45) is 5.92 Å². The monoisotopic (exact) mass is 319 g/mol. The van der Waals surface area contributed by atoms with E-state index in [1.165, 1.54) is 6.92 Å². The lowest BCUT2D eigenvalue weighted by molar-refractivity contribution is -0.148. The first-order valence-electron chi connectivity index (χ1n) is 6.71. The fourth-order valence-corrected chi connectivity index (χ4v) is 2.13. The Hall–Kier alpha value is -1.24. The molecule has 21 heavy (non-hydrogen) atoms. The highest BCUT2D eigenvalue weighted by Crippen LogP contribution is 2.17. The van der Waals surface area contributed by atoms with Crippen LogP contribution in [-0.4, -0.2) is 41.2 Å². The molecule has 0 saturated carbocycles. The average Bonchev–Trinajstić information content (AvgIpc) is 2.29. The number of carbonyl (C=O) groups is 3. The van der Waals surface area contributed by atoms with E-state index in [0.717, 1.165) is 11.8 Å². The number of Topliss-reactive ketones (excluding diaryl/α,β-unsaturated/α-hetero) is 1. The predicted octanol–water partition coefficient (Wildman–Crippen LogP) is 2.36. The Bertz CT molecular complexity index is 389. The summed E-state index contributed by atoms with van der Waals surface area (Å²) in [6.45, 7) is 10.0. The van der Waals surface area contributed by atoms with Crippen molar-refractivity contribution in [3.05, 3.63) is 0 Å². The maximum atomic E-state index is 12.4. The van der Waals surface area contributed by atoms with E-state index < -0.39 is 29.1 Å². The van der Waals surface area contributed by atoms with Gasteiger partial charge in [-0.15, -0.1) is 11.8 Å². The van der Waals surface area contributed by atoms with Crippen LogP contribution in [0.15, 0.2) is 0 Å². The number of carbonyl (C=O) groups excluding carboxylic acids is 3. The third-order valence-electron chi connectivity index (χ3n) is 2.36. The van der Waals surface area contributed by atoms with Gasteiger partial charge in [-0.1, -0.05) is 13.8 Å². The molecule has 1 N–H and O–H groups in total. The first kappa shape index (κ1) is 19.8. The molecule has 0 aliphatic rings. The SMILES string of the molecule is CS[C@H](OC(C)=O)C(=O)[C@@H](NC(=O)OC(C)(C)C)C(C)C. The second kappa shape index (κ2) is 8.26. The number of ketones is 1. The van der Waals surface area contributed by atoms with Crippen LogP contribution in [0.2, 0.25) is 0 Å². The van der Waals surface area contributed by atoms with Gasteiger partial charge in [0.05, 0.1) is 6.04 Å². The average molecular weight is 319 g/mol. The fraction of sp³-hybridized carbons (Fsp3) is 0.786. The highest BCUT2D eigenvalue weighted by Gasteiger charge is 2.33. The van der Waals surface area contributed by atoms with Crippen LogP contribution >= 0.6 is 11.8 Å². The highest BCUT2D eigenvalue weighted by molar-refractivity contribution is 7.99. The van der Waals surface area contributed by atoms with Crippen molar-refractivity contribution in [2.75, 3.05) is 6.26 Å². The van der Waals surface area contributed by atoms with Gasteiger partial charge in [-0.2, -0.15) is 0 Å². The molecule has 0 aliphatic carbocycles. The molecule has 1 amide bonds. The molecule has 0 aromatic rings. The number of hydrogen-bond donors (Lipinski definition) is 1. The molecule has 0 fully saturated rings. The standard InChI is InChI=1S/C14H25NO5S/c1-8(2)10(15-13(18)20-14(4,5)6)11(17)12(21-7)19-9(3)16/h8,10,12H,1-7H3,(H,15,18)/t10-,12-/m0/s1. The normalized spacial score (nSPS) is 14.3. The summed E-state index contributed by atoms with van der Waals surface area (Å²) in [5, 5.41) is 2.55. The van der Waals surface area contributed by atoms with Gasteiger partial charge in [0.2, 0.25) is 11.2 Å². The molecular formula is C14H25NO5S. The van der Waals surface area contributed by atoms with Crippen molar-refractivity contribution >= 4 is 29.6 Å². The van der Waals surface area contributed by atoms with Gasteiger partial charge < -0.3 is 14.8 Å². The number of amides is 1. The van der Waals surface area contributed by atoms with Crippen LogP contribution in [0.1, 0.15) is 41.5 Å². The summed E-state index contributed by atoms with van der Waals surface area (Å²) in [4.78, 5) is 35.2. The topological polar surface area (TPSA) is 81.7 Å². The Labute approximate surface area is 130 Å². The molecule has 0 aromatic carbocycles. The molecule has 0 spiro atoms. The number of nitrogens with one attached hydrogen (secondary N) is 1. The molecule has 0 rings (SSSR count). The number of alkyl carbamates (subject to hydrolysis) is 1. The fourth-order valence-electron chi connectivity index (χ4n) is 1.52. The van der Waals surface area contributed by atoms with Gasteiger partial charge in [-0.05, 0) is 32.9 Å². The molecule has 0 saturated heterocycles.